The molecule has 102 valence electrons. The van der Waals surface area contributed by atoms with Crippen LogP contribution in [0.15, 0.2) is 27.8 Å². The summed E-state index contributed by atoms with van der Waals surface area (Å²) in [7, 11) is 0. The first-order valence-corrected chi connectivity index (χ1v) is 7.50. The molecule has 0 radical (unpaired) electrons. The molecular weight excluding hydrogens is 347 g/mol. The second kappa shape index (κ2) is 4.98. The SMILES string of the molecule is CSc1nc(N)n2nc(-c3ccc(F)c(Br)c3)nc2n1. The molecule has 0 unspecified atom stereocenters. The molecule has 0 amide bonds. The molecule has 2 aromatic heterocycles. The minimum Gasteiger partial charge on any atom is -0.368 e. The Hall–Kier alpha value is -1.74. The van der Waals surface area contributed by atoms with Crippen LogP contribution in [0.5, 0.6) is 0 Å². The number of rotatable bonds is 2. The zero-order valence-corrected chi connectivity index (χ0v) is 12.6. The molecule has 0 saturated carbocycles. The van der Waals surface area contributed by atoms with E-state index < -0.39 is 0 Å². The third-order valence-electron chi connectivity index (χ3n) is 2.57. The standard InChI is InChI=1S/C11H8BrFN6S/c1-20-11-16-9(14)19-10(17-11)15-8(18-19)5-2-3-7(13)6(12)4-5/h2-4H,1H3,(H2,14,15,16,17,18). The molecule has 0 aliphatic rings. The number of anilines is 1. The monoisotopic (exact) mass is 354 g/mol. The lowest BCUT2D eigenvalue weighted by Gasteiger charge is -1.98. The minimum absolute atomic E-state index is 0.208. The third-order valence-corrected chi connectivity index (χ3v) is 3.73. The number of fused-ring (bicyclic) bond motifs is 1. The first-order chi connectivity index (χ1) is 9.58. The van der Waals surface area contributed by atoms with Crippen LogP contribution in [0.2, 0.25) is 0 Å². The first kappa shape index (κ1) is 13.3. The summed E-state index contributed by atoms with van der Waals surface area (Å²) in [5.41, 5.74) is 6.47. The fourth-order valence-electron chi connectivity index (χ4n) is 1.63. The summed E-state index contributed by atoms with van der Waals surface area (Å²) >= 11 is 4.50. The number of thioether (sulfide) groups is 1. The van der Waals surface area contributed by atoms with Crippen molar-refractivity contribution in [2.24, 2.45) is 0 Å². The fraction of sp³-hybridized carbons (Fsp3) is 0.0909. The van der Waals surface area contributed by atoms with E-state index in [0.29, 0.717) is 26.8 Å². The summed E-state index contributed by atoms with van der Waals surface area (Å²) < 4.78 is 14.9. The predicted octanol–water partition coefficient (Wildman–Crippen LogP) is 2.39. The van der Waals surface area contributed by atoms with Gasteiger partial charge in [-0.15, -0.1) is 5.10 Å². The van der Waals surface area contributed by atoms with E-state index in [-0.39, 0.29) is 11.8 Å². The van der Waals surface area contributed by atoms with Crippen molar-refractivity contribution in [3.05, 3.63) is 28.5 Å². The second-order valence-corrected chi connectivity index (χ2v) is 5.47. The molecule has 6 nitrogen and oxygen atoms in total. The van der Waals surface area contributed by atoms with Gasteiger partial charge in [0, 0.05) is 5.56 Å². The van der Waals surface area contributed by atoms with E-state index in [2.05, 4.69) is 36.0 Å². The number of hydrogen-bond donors (Lipinski definition) is 1. The van der Waals surface area contributed by atoms with E-state index in [9.17, 15) is 4.39 Å². The van der Waals surface area contributed by atoms with Gasteiger partial charge in [-0.25, -0.2) is 4.39 Å². The van der Waals surface area contributed by atoms with Crippen LogP contribution in [-0.4, -0.2) is 30.8 Å². The molecular formula is C11H8BrFN6S. The van der Waals surface area contributed by atoms with Crippen molar-refractivity contribution < 1.29 is 4.39 Å². The molecule has 3 rings (SSSR count). The molecule has 0 fully saturated rings. The van der Waals surface area contributed by atoms with Gasteiger partial charge in [-0.3, -0.25) is 0 Å². The molecule has 0 saturated heterocycles. The molecule has 0 atom stereocenters. The minimum atomic E-state index is -0.346. The van der Waals surface area contributed by atoms with Crippen molar-refractivity contribution in [2.45, 2.75) is 5.16 Å². The van der Waals surface area contributed by atoms with Gasteiger partial charge in [0.2, 0.25) is 5.95 Å². The van der Waals surface area contributed by atoms with Crippen molar-refractivity contribution in [1.29, 1.82) is 0 Å². The van der Waals surface area contributed by atoms with E-state index in [4.69, 9.17) is 5.73 Å². The van der Waals surface area contributed by atoms with Gasteiger partial charge in [0.25, 0.3) is 5.78 Å². The molecule has 20 heavy (non-hydrogen) atoms. The molecule has 0 aliphatic heterocycles. The molecule has 0 bridgehead atoms. The highest BCUT2D eigenvalue weighted by Crippen LogP contribution is 2.23. The number of hydrogen-bond acceptors (Lipinski definition) is 6. The Morgan fingerprint density at radius 3 is 2.80 bits per heavy atom. The Bertz CT molecular complexity index is 805. The van der Waals surface area contributed by atoms with Gasteiger partial charge in [-0.1, -0.05) is 11.8 Å². The summed E-state index contributed by atoms with van der Waals surface area (Å²) in [4.78, 5) is 12.6. The molecule has 2 heterocycles. The Balaban J connectivity index is 2.17. The van der Waals surface area contributed by atoms with Crippen LogP contribution >= 0.6 is 27.7 Å². The summed E-state index contributed by atoms with van der Waals surface area (Å²) in [5, 5.41) is 4.75. The Morgan fingerprint density at radius 1 is 1.30 bits per heavy atom. The number of nitrogens with two attached hydrogens (primary N) is 1. The van der Waals surface area contributed by atoms with Crippen LogP contribution in [0.4, 0.5) is 10.3 Å². The maximum atomic E-state index is 13.2. The Labute approximate surface area is 125 Å². The van der Waals surface area contributed by atoms with Crippen LogP contribution in [0.3, 0.4) is 0 Å². The molecule has 3 aromatic rings. The van der Waals surface area contributed by atoms with Crippen LogP contribution in [-0.2, 0) is 0 Å². The van der Waals surface area contributed by atoms with Crippen LogP contribution in [0.1, 0.15) is 0 Å². The summed E-state index contributed by atoms with van der Waals surface area (Å²) in [6, 6.07) is 4.53. The third kappa shape index (κ3) is 2.22. The average molecular weight is 355 g/mol. The van der Waals surface area contributed by atoms with E-state index in [0.717, 1.165) is 0 Å². The van der Waals surface area contributed by atoms with Crippen LogP contribution in [0, 0.1) is 5.82 Å². The van der Waals surface area contributed by atoms with Gasteiger partial charge in [0.1, 0.15) is 5.82 Å². The van der Waals surface area contributed by atoms with Gasteiger partial charge < -0.3 is 5.73 Å². The highest BCUT2D eigenvalue weighted by Gasteiger charge is 2.12. The second-order valence-electron chi connectivity index (χ2n) is 3.84. The van der Waals surface area contributed by atoms with Crippen molar-refractivity contribution in [2.75, 3.05) is 12.0 Å². The molecule has 9 heteroatoms. The summed E-state index contributed by atoms with van der Waals surface area (Å²) in [6.45, 7) is 0. The van der Waals surface area contributed by atoms with Crippen molar-refractivity contribution in [1.82, 2.24) is 24.6 Å². The van der Waals surface area contributed by atoms with Crippen LogP contribution in [0.25, 0.3) is 17.2 Å². The first-order valence-electron chi connectivity index (χ1n) is 5.48. The van der Waals surface area contributed by atoms with Crippen molar-refractivity contribution in [3.8, 4) is 11.4 Å². The number of halogens is 2. The van der Waals surface area contributed by atoms with E-state index in [1.54, 1.807) is 12.1 Å². The van der Waals surface area contributed by atoms with Crippen molar-refractivity contribution in [3.63, 3.8) is 0 Å². The van der Waals surface area contributed by atoms with Crippen LogP contribution < -0.4 is 5.73 Å². The highest BCUT2D eigenvalue weighted by molar-refractivity contribution is 9.10. The zero-order valence-electron chi connectivity index (χ0n) is 10.2. The van der Waals surface area contributed by atoms with E-state index in [1.807, 2.05) is 6.26 Å². The fourth-order valence-corrected chi connectivity index (χ4v) is 2.37. The molecule has 2 N–H and O–H groups in total. The average Bonchev–Trinajstić information content (AvgIpc) is 2.86. The lowest BCUT2D eigenvalue weighted by Crippen LogP contribution is -2.04. The highest BCUT2D eigenvalue weighted by atomic mass is 79.9. The van der Waals surface area contributed by atoms with Gasteiger partial charge in [0.05, 0.1) is 4.47 Å². The van der Waals surface area contributed by atoms with Gasteiger partial charge in [0.15, 0.2) is 11.0 Å². The normalized spacial score (nSPS) is 11.2. The van der Waals surface area contributed by atoms with E-state index in [1.165, 1.54) is 22.3 Å². The van der Waals surface area contributed by atoms with Gasteiger partial charge in [-0.2, -0.15) is 19.5 Å². The number of nitrogens with zero attached hydrogens (tertiary/aromatic N) is 5. The quantitative estimate of drug-likeness (QED) is 0.711. The van der Waals surface area contributed by atoms with Crippen molar-refractivity contribution >= 4 is 39.4 Å². The zero-order chi connectivity index (χ0) is 14.3. The number of benzene rings is 1. The predicted molar refractivity (Wildman–Crippen MR) is 77.9 cm³/mol. The lowest BCUT2D eigenvalue weighted by atomic mass is 10.2. The summed E-state index contributed by atoms with van der Waals surface area (Å²) in [6.07, 6.45) is 1.85. The van der Waals surface area contributed by atoms with E-state index >= 15 is 0 Å². The smallest absolute Gasteiger partial charge is 0.258 e. The number of nitrogen functional groups attached to an aromatic ring is 1. The maximum absolute atomic E-state index is 13.2. The molecule has 1 aromatic carbocycles. The maximum Gasteiger partial charge on any atom is 0.258 e. The molecule has 0 aliphatic carbocycles. The topological polar surface area (TPSA) is 82.0 Å². The summed E-state index contributed by atoms with van der Waals surface area (Å²) in [5.74, 6) is 0.628. The Kier molecular flexibility index (Phi) is 3.30. The van der Waals surface area contributed by atoms with Gasteiger partial charge >= 0.3 is 0 Å². The van der Waals surface area contributed by atoms with Gasteiger partial charge in [-0.05, 0) is 40.4 Å². The molecule has 0 spiro atoms. The lowest BCUT2D eigenvalue weighted by molar-refractivity contribution is 0.621. The number of aromatic nitrogens is 5. The Morgan fingerprint density at radius 2 is 2.10 bits per heavy atom. The largest absolute Gasteiger partial charge is 0.368 e.